The van der Waals surface area contributed by atoms with Gasteiger partial charge in [0.2, 0.25) is 0 Å². The molecule has 5 nitrogen and oxygen atoms in total. The van der Waals surface area contributed by atoms with Gasteiger partial charge in [-0.25, -0.2) is 0 Å². The SMILES string of the molecule is CC(C)CCC[C@@H](C)C1CCC2C3CC(O)C4C[C@H](NCCCNCCCCNCCCN)CCC4(C)C3CCC21C. The van der Waals surface area contributed by atoms with Crippen LogP contribution in [0.25, 0.3) is 0 Å². The summed E-state index contributed by atoms with van der Waals surface area (Å²) in [5.41, 5.74) is 6.39. The van der Waals surface area contributed by atoms with Crippen LogP contribution in [-0.2, 0) is 0 Å². The number of hydrogen-bond donors (Lipinski definition) is 5. The average Bonchev–Trinajstić information content (AvgIpc) is 3.31. The molecule has 0 aliphatic heterocycles. The number of aliphatic hydroxyl groups excluding tert-OH is 1. The van der Waals surface area contributed by atoms with Crippen LogP contribution in [0.15, 0.2) is 0 Å². The Labute approximate surface area is 261 Å². The van der Waals surface area contributed by atoms with Gasteiger partial charge in [-0.05, 0) is 169 Å². The summed E-state index contributed by atoms with van der Waals surface area (Å²) in [5, 5.41) is 22.7. The topological polar surface area (TPSA) is 82.3 Å². The summed E-state index contributed by atoms with van der Waals surface area (Å²) in [5.74, 6) is 5.51. The molecule has 0 heterocycles. The van der Waals surface area contributed by atoms with Crippen LogP contribution < -0.4 is 21.7 Å². The zero-order chi connectivity index (χ0) is 30.2. The van der Waals surface area contributed by atoms with Crippen molar-refractivity contribution in [3.05, 3.63) is 0 Å². The Morgan fingerprint density at radius 1 is 0.714 bits per heavy atom. The van der Waals surface area contributed by atoms with Crippen molar-refractivity contribution in [3.63, 3.8) is 0 Å². The first-order valence-electron chi connectivity index (χ1n) is 18.7. The first-order chi connectivity index (χ1) is 20.2. The molecule has 246 valence electrons. The molecule has 42 heavy (non-hydrogen) atoms. The van der Waals surface area contributed by atoms with E-state index in [1.54, 1.807) is 0 Å². The van der Waals surface area contributed by atoms with Crippen molar-refractivity contribution in [2.24, 2.45) is 58.0 Å². The van der Waals surface area contributed by atoms with E-state index in [-0.39, 0.29) is 6.10 Å². The largest absolute Gasteiger partial charge is 0.393 e. The van der Waals surface area contributed by atoms with E-state index in [2.05, 4.69) is 50.6 Å². The standard InChI is InChI=1S/C37H72N4O/c1-27(2)11-8-12-28(3)31-13-14-32-30-26-35(42)34-25-29(15-17-37(34,5)33(30)16-18-36(31,32)4)41-24-10-23-40-21-7-6-20-39-22-9-19-38/h27-35,39-42H,6-26,38H2,1-5H3/t28-,29-,30?,31?,32?,33?,34?,35?,36?,37?/m1/s1. The Morgan fingerprint density at radius 3 is 2.10 bits per heavy atom. The molecule has 8 unspecified atom stereocenters. The van der Waals surface area contributed by atoms with E-state index in [0.29, 0.717) is 22.8 Å². The lowest BCUT2D eigenvalue weighted by molar-refractivity contribution is -0.162. The van der Waals surface area contributed by atoms with Crippen LogP contribution in [0.4, 0.5) is 0 Å². The summed E-state index contributed by atoms with van der Waals surface area (Å²) >= 11 is 0. The molecular weight excluding hydrogens is 516 g/mol. The van der Waals surface area contributed by atoms with Gasteiger partial charge >= 0.3 is 0 Å². The molecule has 5 heteroatoms. The molecular formula is C37H72N4O. The zero-order valence-electron chi connectivity index (χ0n) is 28.6. The molecule has 0 bridgehead atoms. The van der Waals surface area contributed by atoms with Crippen molar-refractivity contribution in [2.75, 3.05) is 39.3 Å². The molecule has 4 rings (SSSR count). The highest BCUT2D eigenvalue weighted by molar-refractivity contribution is 5.11. The molecule has 0 aromatic heterocycles. The Kier molecular flexibility index (Phi) is 13.5. The van der Waals surface area contributed by atoms with E-state index in [0.717, 1.165) is 87.6 Å². The lowest BCUT2D eigenvalue weighted by atomic mass is 9.43. The minimum absolute atomic E-state index is 0.0998. The van der Waals surface area contributed by atoms with Crippen LogP contribution in [0.5, 0.6) is 0 Å². The second-order valence-electron chi connectivity index (χ2n) is 16.5. The smallest absolute Gasteiger partial charge is 0.0577 e. The third-order valence-corrected chi connectivity index (χ3v) is 13.4. The lowest BCUT2D eigenvalue weighted by Gasteiger charge is -2.62. The number of aliphatic hydroxyl groups is 1. The van der Waals surface area contributed by atoms with Crippen LogP contribution in [0.1, 0.15) is 131 Å². The Balaban J connectivity index is 1.19. The summed E-state index contributed by atoms with van der Waals surface area (Å²) in [6.45, 7) is 18.9. The number of nitrogens with one attached hydrogen (secondary N) is 3. The Hall–Kier alpha value is -0.200. The van der Waals surface area contributed by atoms with E-state index in [1.165, 1.54) is 83.5 Å². The van der Waals surface area contributed by atoms with Crippen LogP contribution in [0.3, 0.4) is 0 Å². The molecule has 0 radical (unpaired) electrons. The second-order valence-corrected chi connectivity index (χ2v) is 16.5. The molecule has 0 saturated heterocycles. The van der Waals surface area contributed by atoms with E-state index in [1.807, 2.05) is 0 Å². The predicted molar refractivity (Wildman–Crippen MR) is 180 cm³/mol. The maximum absolute atomic E-state index is 11.7. The van der Waals surface area contributed by atoms with Gasteiger partial charge in [-0.2, -0.15) is 0 Å². The Bertz CT molecular complexity index is 777. The summed E-state index contributed by atoms with van der Waals surface area (Å²) in [7, 11) is 0. The van der Waals surface area contributed by atoms with Crippen molar-refractivity contribution in [3.8, 4) is 0 Å². The van der Waals surface area contributed by atoms with Crippen molar-refractivity contribution < 1.29 is 5.11 Å². The van der Waals surface area contributed by atoms with Gasteiger partial charge in [-0.3, -0.25) is 0 Å². The molecule has 10 atom stereocenters. The van der Waals surface area contributed by atoms with Crippen LogP contribution in [0, 0.1) is 52.3 Å². The highest BCUT2D eigenvalue weighted by atomic mass is 16.3. The highest BCUT2D eigenvalue weighted by Gasteiger charge is 2.62. The van der Waals surface area contributed by atoms with Crippen molar-refractivity contribution in [2.45, 2.75) is 143 Å². The third kappa shape index (κ3) is 8.33. The molecule has 4 fully saturated rings. The Morgan fingerprint density at radius 2 is 1.38 bits per heavy atom. The second kappa shape index (κ2) is 16.4. The number of fused-ring (bicyclic) bond motifs is 5. The lowest BCUT2D eigenvalue weighted by Crippen LogP contribution is -2.59. The van der Waals surface area contributed by atoms with Crippen LogP contribution in [-0.4, -0.2) is 56.5 Å². The van der Waals surface area contributed by atoms with Gasteiger partial charge < -0.3 is 26.8 Å². The zero-order valence-corrected chi connectivity index (χ0v) is 28.6. The quantitative estimate of drug-likeness (QED) is 0.115. The molecule has 0 aromatic carbocycles. The number of nitrogens with two attached hydrogens (primary N) is 1. The molecule has 4 aliphatic carbocycles. The van der Waals surface area contributed by atoms with Gasteiger partial charge in [0.15, 0.2) is 0 Å². The van der Waals surface area contributed by atoms with Crippen molar-refractivity contribution >= 4 is 0 Å². The van der Waals surface area contributed by atoms with Crippen LogP contribution >= 0.6 is 0 Å². The predicted octanol–water partition coefficient (Wildman–Crippen LogP) is 6.74. The number of unbranched alkanes of at least 4 members (excludes halogenated alkanes) is 1. The monoisotopic (exact) mass is 589 g/mol. The van der Waals surface area contributed by atoms with E-state index < -0.39 is 0 Å². The fourth-order valence-electron chi connectivity index (χ4n) is 11.0. The van der Waals surface area contributed by atoms with Gasteiger partial charge in [0.05, 0.1) is 6.10 Å². The van der Waals surface area contributed by atoms with Crippen molar-refractivity contribution in [1.82, 2.24) is 16.0 Å². The number of hydrogen-bond acceptors (Lipinski definition) is 5. The van der Waals surface area contributed by atoms with Crippen LogP contribution in [0.2, 0.25) is 0 Å². The molecule has 0 aromatic rings. The fraction of sp³-hybridized carbons (Fsp3) is 1.00. The molecule has 0 amide bonds. The average molecular weight is 589 g/mol. The minimum atomic E-state index is -0.0998. The highest BCUT2D eigenvalue weighted by Crippen LogP contribution is 2.68. The number of rotatable bonds is 18. The normalized spacial score (nSPS) is 38.7. The summed E-state index contributed by atoms with van der Waals surface area (Å²) in [4.78, 5) is 0. The molecule has 4 aliphatic rings. The first kappa shape index (κ1) is 34.7. The van der Waals surface area contributed by atoms with Gasteiger partial charge in [-0.1, -0.05) is 53.9 Å². The summed E-state index contributed by atoms with van der Waals surface area (Å²) < 4.78 is 0. The van der Waals surface area contributed by atoms with Gasteiger partial charge in [-0.15, -0.1) is 0 Å². The van der Waals surface area contributed by atoms with Gasteiger partial charge in [0.1, 0.15) is 0 Å². The first-order valence-corrected chi connectivity index (χ1v) is 18.7. The van der Waals surface area contributed by atoms with E-state index >= 15 is 0 Å². The van der Waals surface area contributed by atoms with Gasteiger partial charge in [0, 0.05) is 6.04 Å². The maximum Gasteiger partial charge on any atom is 0.0577 e. The fourth-order valence-corrected chi connectivity index (χ4v) is 11.0. The van der Waals surface area contributed by atoms with Gasteiger partial charge in [0.25, 0.3) is 0 Å². The molecule has 0 spiro atoms. The summed E-state index contributed by atoms with van der Waals surface area (Å²) in [6.07, 6.45) is 19.4. The molecule has 6 N–H and O–H groups in total. The minimum Gasteiger partial charge on any atom is -0.393 e. The van der Waals surface area contributed by atoms with Crippen molar-refractivity contribution in [1.29, 1.82) is 0 Å². The van der Waals surface area contributed by atoms with E-state index in [9.17, 15) is 5.11 Å². The van der Waals surface area contributed by atoms with E-state index in [4.69, 9.17) is 5.73 Å². The third-order valence-electron chi connectivity index (χ3n) is 13.4. The summed E-state index contributed by atoms with van der Waals surface area (Å²) in [6, 6.07) is 0.588. The maximum atomic E-state index is 11.7. The molecule has 4 saturated carbocycles.